The third-order valence-electron chi connectivity index (χ3n) is 7.72. The second-order valence-electron chi connectivity index (χ2n) is 13.4. The number of amides is 5. The molecule has 1 saturated carbocycles. The molecule has 3 atom stereocenters. The van der Waals surface area contributed by atoms with E-state index in [1.54, 1.807) is 34.9 Å². The van der Waals surface area contributed by atoms with Gasteiger partial charge in [0.2, 0.25) is 29.5 Å². The van der Waals surface area contributed by atoms with Crippen LogP contribution in [0.15, 0.2) is 30.3 Å². The number of benzene rings is 1. The summed E-state index contributed by atoms with van der Waals surface area (Å²) in [7, 11) is 3.17. The lowest BCUT2D eigenvalue weighted by Gasteiger charge is -2.38. The molecule has 2 rings (SSSR count). The van der Waals surface area contributed by atoms with E-state index in [4.69, 9.17) is 0 Å². The van der Waals surface area contributed by atoms with Gasteiger partial charge in [-0.05, 0) is 66.9 Å². The first-order valence-electron chi connectivity index (χ1n) is 14.5. The van der Waals surface area contributed by atoms with E-state index in [1.165, 1.54) is 32.6 Å². The number of rotatable bonds is 11. The number of carbonyl (C=O) groups excluding carboxylic acids is 5. The normalized spacial score (nSPS) is 19.1. The van der Waals surface area contributed by atoms with Crippen LogP contribution in [0.1, 0.15) is 79.7 Å². The van der Waals surface area contributed by atoms with Gasteiger partial charge in [0.25, 0.3) is 0 Å². The highest BCUT2D eigenvalue weighted by molar-refractivity contribution is 6.00. The largest absolute Gasteiger partial charge is 0.392 e. The molecular weight excluding hydrogens is 538 g/mol. The van der Waals surface area contributed by atoms with Crippen molar-refractivity contribution in [2.75, 3.05) is 14.1 Å². The Morgan fingerprint density at radius 2 is 1.21 bits per heavy atom. The van der Waals surface area contributed by atoms with E-state index in [0.717, 1.165) is 18.4 Å². The van der Waals surface area contributed by atoms with Crippen LogP contribution in [0.2, 0.25) is 0 Å². The zero-order valence-electron chi connectivity index (χ0n) is 26.5. The number of hydrogen-bond donors (Lipinski definition) is 5. The summed E-state index contributed by atoms with van der Waals surface area (Å²) in [6.45, 7) is 10.8. The van der Waals surface area contributed by atoms with Crippen LogP contribution in [0.25, 0.3) is 0 Å². The fourth-order valence-corrected chi connectivity index (χ4v) is 5.00. The number of aliphatic hydroxyl groups excluding tert-OH is 1. The van der Waals surface area contributed by atoms with Crippen molar-refractivity contribution in [3.63, 3.8) is 0 Å². The van der Waals surface area contributed by atoms with Crippen LogP contribution in [0.5, 0.6) is 0 Å². The molecule has 0 aliphatic heterocycles. The number of aliphatic hydroxyl groups is 1. The summed E-state index contributed by atoms with van der Waals surface area (Å²) >= 11 is 0. The lowest BCUT2D eigenvalue weighted by molar-refractivity contribution is -0.143. The van der Waals surface area contributed by atoms with Gasteiger partial charge in [-0.25, -0.2) is 0 Å². The first kappa shape index (κ1) is 34.7. The Labute approximate surface area is 249 Å². The maximum atomic E-state index is 13.8. The van der Waals surface area contributed by atoms with Gasteiger partial charge in [-0.15, -0.1) is 0 Å². The summed E-state index contributed by atoms with van der Waals surface area (Å²) in [5, 5.41) is 21.4. The molecule has 11 heteroatoms. The minimum atomic E-state index is -1.49. The average Bonchev–Trinajstić information content (AvgIpc) is 2.88. The number of carbonyl (C=O) groups is 5. The molecule has 0 spiro atoms. The predicted molar refractivity (Wildman–Crippen MR) is 160 cm³/mol. The summed E-state index contributed by atoms with van der Waals surface area (Å²) in [6.07, 6.45) is 2.07. The van der Waals surface area contributed by atoms with E-state index in [1.807, 2.05) is 30.3 Å². The van der Waals surface area contributed by atoms with Crippen molar-refractivity contribution in [1.29, 1.82) is 0 Å². The number of nitrogens with one attached hydrogen (secondary N) is 4. The van der Waals surface area contributed by atoms with Crippen molar-refractivity contribution >= 4 is 29.5 Å². The summed E-state index contributed by atoms with van der Waals surface area (Å²) in [6, 6.07) is 9.20. The standard InChI is InChI=1S/C31H49N5O6/c1-28(2,25(40)34-30(5,6)27(42)36(8)9)33-24(39)29(3,4)35-26(41)31(7,19-20-15-11-10-12-16-20)32-23(38)21-17-13-14-18-22(21)37/h10-12,15-16,21-22,37H,13-14,17-19H2,1-9H3,(H,32,38)(H,33,39)(H,34,40)(H,35,41)/t21-,22-,31+/m0/s1. The molecule has 1 aliphatic rings. The molecule has 5 N–H and O–H groups in total. The van der Waals surface area contributed by atoms with Crippen LogP contribution in [0.4, 0.5) is 0 Å². The molecule has 0 unspecified atom stereocenters. The van der Waals surface area contributed by atoms with Gasteiger partial charge in [-0.1, -0.05) is 43.2 Å². The van der Waals surface area contributed by atoms with Crippen LogP contribution in [0, 0.1) is 5.92 Å². The van der Waals surface area contributed by atoms with E-state index in [0.29, 0.717) is 12.8 Å². The zero-order valence-corrected chi connectivity index (χ0v) is 26.5. The Bertz CT molecular complexity index is 1160. The SMILES string of the molecule is CN(C)C(=O)C(C)(C)NC(=O)C(C)(C)NC(=O)C(C)(C)NC(=O)[C@@](C)(Cc1ccccc1)NC(=O)[C@H]1CCCC[C@@H]1O. The Hall–Kier alpha value is -3.47. The fraction of sp³-hybridized carbons (Fsp3) is 0.645. The molecule has 0 saturated heterocycles. The molecule has 0 heterocycles. The van der Waals surface area contributed by atoms with E-state index < -0.39 is 57.8 Å². The van der Waals surface area contributed by atoms with Crippen LogP contribution in [0.3, 0.4) is 0 Å². The van der Waals surface area contributed by atoms with E-state index >= 15 is 0 Å². The topological polar surface area (TPSA) is 157 Å². The van der Waals surface area contributed by atoms with Crippen LogP contribution >= 0.6 is 0 Å². The lowest BCUT2D eigenvalue weighted by Crippen LogP contribution is -2.68. The summed E-state index contributed by atoms with van der Waals surface area (Å²) in [5.74, 6) is -3.16. The van der Waals surface area contributed by atoms with Crippen molar-refractivity contribution < 1.29 is 29.1 Å². The van der Waals surface area contributed by atoms with Crippen molar-refractivity contribution in [1.82, 2.24) is 26.2 Å². The quantitative estimate of drug-likeness (QED) is 0.264. The Kier molecular flexibility index (Phi) is 10.9. The molecule has 0 aromatic heterocycles. The Morgan fingerprint density at radius 1 is 0.738 bits per heavy atom. The maximum Gasteiger partial charge on any atom is 0.247 e. The third-order valence-corrected chi connectivity index (χ3v) is 7.72. The van der Waals surface area contributed by atoms with Gasteiger partial charge in [0.15, 0.2) is 0 Å². The highest BCUT2D eigenvalue weighted by Gasteiger charge is 2.44. The highest BCUT2D eigenvalue weighted by Crippen LogP contribution is 2.26. The number of likely N-dealkylation sites (N-methyl/N-ethyl adjacent to an activating group) is 1. The second-order valence-corrected chi connectivity index (χ2v) is 13.4. The van der Waals surface area contributed by atoms with Gasteiger partial charge in [0, 0.05) is 20.5 Å². The molecule has 1 aromatic rings. The van der Waals surface area contributed by atoms with E-state index in [9.17, 15) is 29.1 Å². The molecule has 0 radical (unpaired) electrons. The predicted octanol–water partition coefficient (Wildman–Crippen LogP) is 1.43. The molecule has 5 amide bonds. The fourth-order valence-electron chi connectivity index (χ4n) is 5.00. The number of hydrogen-bond acceptors (Lipinski definition) is 6. The van der Waals surface area contributed by atoms with Gasteiger partial charge in [0.1, 0.15) is 22.2 Å². The van der Waals surface area contributed by atoms with E-state index in [2.05, 4.69) is 21.3 Å². The minimum Gasteiger partial charge on any atom is -0.392 e. The van der Waals surface area contributed by atoms with Crippen molar-refractivity contribution in [2.45, 2.75) is 109 Å². The Morgan fingerprint density at radius 3 is 1.71 bits per heavy atom. The molecule has 11 nitrogen and oxygen atoms in total. The Balaban J connectivity index is 2.23. The smallest absolute Gasteiger partial charge is 0.247 e. The van der Waals surface area contributed by atoms with Gasteiger partial charge in [0.05, 0.1) is 12.0 Å². The van der Waals surface area contributed by atoms with Gasteiger partial charge in [-0.3, -0.25) is 24.0 Å². The van der Waals surface area contributed by atoms with Gasteiger partial charge >= 0.3 is 0 Å². The lowest BCUT2D eigenvalue weighted by atomic mass is 9.84. The monoisotopic (exact) mass is 587 g/mol. The third kappa shape index (κ3) is 8.77. The molecule has 1 fully saturated rings. The van der Waals surface area contributed by atoms with Gasteiger partial charge < -0.3 is 31.3 Å². The molecule has 1 aromatic carbocycles. The van der Waals surface area contributed by atoms with E-state index in [-0.39, 0.29) is 12.3 Å². The summed E-state index contributed by atoms with van der Waals surface area (Å²) < 4.78 is 0. The van der Waals surface area contributed by atoms with Crippen LogP contribution in [-0.4, -0.2) is 81.9 Å². The van der Waals surface area contributed by atoms with Crippen LogP contribution in [-0.2, 0) is 30.4 Å². The first-order valence-corrected chi connectivity index (χ1v) is 14.5. The second kappa shape index (κ2) is 13.2. The molecule has 0 bridgehead atoms. The average molecular weight is 588 g/mol. The maximum absolute atomic E-state index is 13.8. The first-order chi connectivity index (χ1) is 19.2. The van der Waals surface area contributed by atoms with Crippen LogP contribution < -0.4 is 21.3 Å². The zero-order chi connectivity index (χ0) is 32.1. The van der Waals surface area contributed by atoms with Gasteiger partial charge in [-0.2, -0.15) is 0 Å². The summed E-state index contributed by atoms with van der Waals surface area (Å²) in [4.78, 5) is 67.5. The molecule has 234 valence electrons. The molecule has 1 aliphatic carbocycles. The van der Waals surface area contributed by atoms with Crippen molar-refractivity contribution in [3.8, 4) is 0 Å². The number of nitrogens with zero attached hydrogens (tertiary/aromatic N) is 1. The minimum absolute atomic E-state index is 0.148. The highest BCUT2D eigenvalue weighted by atomic mass is 16.3. The summed E-state index contributed by atoms with van der Waals surface area (Å²) in [5.41, 5.74) is -4.78. The molecule has 42 heavy (non-hydrogen) atoms. The van der Waals surface area contributed by atoms with Crippen molar-refractivity contribution in [3.05, 3.63) is 35.9 Å². The van der Waals surface area contributed by atoms with Crippen molar-refractivity contribution in [2.24, 2.45) is 5.92 Å². The molecular formula is C31H49N5O6.